The van der Waals surface area contributed by atoms with Crippen molar-refractivity contribution >= 4 is 34.8 Å². The molecular formula is C12H15Cl2N3O2. The lowest BCUT2D eigenvalue weighted by Crippen LogP contribution is -2.33. The summed E-state index contributed by atoms with van der Waals surface area (Å²) in [4.78, 5) is 9.80. The van der Waals surface area contributed by atoms with Crippen molar-refractivity contribution in [2.45, 2.75) is 6.42 Å². The number of aliphatic imine (C=N–C) groups is 1. The highest BCUT2D eigenvalue weighted by Crippen LogP contribution is 2.30. The Kier molecular flexibility index (Phi) is 5.27. The van der Waals surface area contributed by atoms with E-state index < -0.39 is 0 Å². The fourth-order valence-corrected chi connectivity index (χ4v) is 2.12. The molecule has 0 atom stereocenters. The molecule has 0 aliphatic carbocycles. The number of hydrogen-bond donors (Lipinski definition) is 2. The van der Waals surface area contributed by atoms with E-state index in [9.17, 15) is 0 Å². The van der Waals surface area contributed by atoms with Crippen molar-refractivity contribution in [3.63, 3.8) is 0 Å². The predicted molar refractivity (Wildman–Crippen MR) is 76.7 cm³/mol. The fraction of sp³-hybridized carbons (Fsp3) is 0.417. The fourth-order valence-electron chi connectivity index (χ4n) is 1.63. The van der Waals surface area contributed by atoms with Gasteiger partial charge in [0, 0.05) is 6.61 Å². The highest BCUT2D eigenvalue weighted by Gasteiger charge is 2.19. The SMILES string of the molecule is OCCCON1CCN=C1Nc1c(Cl)cccc1Cl. The van der Waals surface area contributed by atoms with Crippen LogP contribution >= 0.6 is 23.2 Å². The van der Waals surface area contributed by atoms with Crippen molar-refractivity contribution in [2.75, 3.05) is 31.6 Å². The number of nitrogens with one attached hydrogen (secondary N) is 1. The molecule has 0 saturated carbocycles. The number of para-hydroxylation sites is 1. The van der Waals surface area contributed by atoms with Gasteiger partial charge in [-0.05, 0) is 18.6 Å². The number of hydroxylamine groups is 2. The lowest BCUT2D eigenvalue weighted by Gasteiger charge is -2.21. The first-order valence-corrected chi connectivity index (χ1v) is 6.75. The van der Waals surface area contributed by atoms with Gasteiger partial charge in [-0.2, -0.15) is 0 Å². The number of rotatable bonds is 5. The smallest absolute Gasteiger partial charge is 0.223 e. The maximum atomic E-state index is 8.73. The van der Waals surface area contributed by atoms with Gasteiger partial charge in [-0.15, -0.1) is 0 Å². The Bertz CT molecular complexity index is 448. The largest absolute Gasteiger partial charge is 0.396 e. The van der Waals surface area contributed by atoms with Crippen LogP contribution in [0.4, 0.5) is 5.69 Å². The molecule has 2 N–H and O–H groups in total. The van der Waals surface area contributed by atoms with Crippen molar-refractivity contribution in [1.29, 1.82) is 0 Å². The number of anilines is 1. The first kappa shape index (κ1) is 14.4. The molecule has 0 amide bonds. The van der Waals surface area contributed by atoms with Gasteiger partial charge in [-0.25, -0.2) is 10.1 Å². The van der Waals surface area contributed by atoms with Crippen molar-refractivity contribution in [2.24, 2.45) is 4.99 Å². The van der Waals surface area contributed by atoms with Gasteiger partial charge < -0.3 is 10.4 Å². The number of guanidine groups is 1. The van der Waals surface area contributed by atoms with Gasteiger partial charge in [-0.1, -0.05) is 29.3 Å². The molecule has 1 heterocycles. The molecule has 2 rings (SSSR count). The average molecular weight is 304 g/mol. The lowest BCUT2D eigenvalue weighted by atomic mass is 10.3. The quantitative estimate of drug-likeness (QED) is 0.820. The average Bonchev–Trinajstić information content (AvgIpc) is 2.82. The third kappa shape index (κ3) is 3.73. The van der Waals surface area contributed by atoms with Crippen LogP contribution in [0.3, 0.4) is 0 Å². The van der Waals surface area contributed by atoms with Gasteiger partial charge in [0.15, 0.2) is 0 Å². The summed E-state index contributed by atoms with van der Waals surface area (Å²) in [7, 11) is 0. The summed E-state index contributed by atoms with van der Waals surface area (Å²) >= 11 is 12.2. The van der Waals surface area contributed by atoms with Gasteiger partial charge >= 0.3 is 0 Å². The van der Waals surface area contributed by atoms with E-state index in [4.69, 9.17) is 33.1 Å². The van der Waals surface area contributed by atoms with E-state index in [1.165, 1.54) is 0 Å². The Hall–Kier alpha value is -1.01. The molecule has 19 heavy (non-hydrogen) atoms. The van der Waals surface area contributed by atoms with Crippen LogP contribution in [-0.2, 0) is 4.84 Å². The monoisotopic (exact) mass is 303 g/mol. The molecule has 1 aliphatic rings. The van der Waals surface area contributed by atoms with E-state index in [-0.39, 0.29) is 6.61 Å². The lowest BCUT2D eigenvalue weighted by molar-refractivity contribution is -0.0945. The summed E-state index contributed by atoms with van der Waals surface area (Å²) in [6.07, 6.45) is 0.580. The summed E-state index contributed by atoms with van der Waals surface area (Å²) in [6.45, 7) is 1.84. The van der Waals surface area contributed by atoms with Gasteiger partial charge in [0.2, 0.25) is 5.96 Å². The molecule has 0 bridgehead atoms. The van der Waals surface area contributed by atoms with Crippen LogP contribution in [0.15, 0.2) is 23.2 Å². The minimum Gasteiger partial charge on any atom is -0.396 e. The minimum absolute atomic E-state index is 0.101. The Morgan fingerprint density at radius 1 is 1.37 bits per heavy atom. The molecule has 1 aliphatic heterocycles. The molecule has 5 nitrogen and oxygen atoms in total. The Balaban J connectivity index is 2.01. The zero-order chi connectivity index (χ0) is 13.7. The van der Waals surface area contributed by atoms with Crippen molar-refractivity contribution in [3.05, 3.63) is 28.2 Å². The maximum Gasteiger partial charge on any atom is 0.223 e. The molecule has 1 aromatic carbocycles. The van der Waals surface area contributed by atoms with Crippen LogP contribution in [0.2, 0.25) is 10.0 Å². The molecular weight excluding hydrogens is 289 g/mol. The second-order valence-corrected chi connectivity index (χ2v) is 4.75. The molecule has 0 fully saturated rings. The van der Waals surface area contributed by atoms with Crippen molar-refractivity contribution < 1.29 is 9.94 Å². The molecule has 1 aromatic rings. The summed E-state index contributed by atoms with van der Waals surface area (Å²) < 4.78 is 0. The van der Waals surface area contributed by atoms with E-state index in [0.717, 1.165) is 0 Å². The molecule has 0 spiro atoms. The number of nitrogens with zero attached hydrogens (tertiary/aromatic N) is 2. The van der Waals surface area contributed by atoms with E-state index in [2.05, 4.69) is 10.3 Å². The Morgan fingerprint density at radius 3 is 2.79 bits per heavy atom. The number of aliphatic hydroxyl groups excluding tert-OH is 1. The van der Waals surface area contributed by atoms with E-state index >= 15 is 0 Å². The number of benzene rings is 1. The molecule has 0 unspecified atom stereocenters. The Labute approximate surface area is 121 Å². The van der Waals surface area contributed by atoms with E-state index in [0.29, 0.717) is 47.8 Å². The first-order valence-electron chi connectivity index (χ1n) is 5.99. The van der Waals surface area contributed by atoms with Gasteiger partial charge in [0.1, 0.15) is 0 Å². The van der Waals surface area contributed by atoms with Gasteiger partial charge in [0.05, 0.1) is 35.4 Å². The molecule has 104 valence electrons. The number of halogens is 2. The van der Waals surface area contributed by atoms with Crippen LogP contribution in [0, 0.1) is 0 Å². The molecule has 0 radical (unpaired) electrons. The maximum absolute atomic E-state index is 8.73. The van der Waals surface area contributed by atoms with Crippen molar-refractivity contribution in [3.8, 4) is 0 Å². The molecule has 0 saturated heterocycles. The Morgan fingerprint density at radius 2 is 2.11 bits per heavy atom. The van der Waals surface area contributed by atoms with E-state index in [1.54, 1.807) is 23.3 Å². The molecule has 0 aromatic heterocycles. The normalized spacial score (nSPS) is 14.7. The topological polar surface area (TPSA) is 57.1 Å². The van der Waals surface area contributed by atoms with Crippen LogP contribution < -0.4 is 5.32 Å². The minimum atomic E-state index is 0.101. The standard InChI is InChI=1S/C12H15Cl2N3O2/c13-9-3-1-4-10(14)11(9)16-12-15-5-6-17(12)19-8-2-7-18/h1,3-4,18H,2,5-8H2,(H,15,16). The predicted octanol–water partition coefficient (Wildman–Crippen LogP) is 2.39. The number of hydrogen-bond acceptors (Lipinski definition) is 5. The van der Waals surface area contributed by atoms with E-state index in [1.807, 2.05) is 0 Å². The third-order valence-electron chi connectivity index (χ3n) is 2.55. The molecule has 7 heteroatoms. The van der Waals surface area contributed by atoms with Crippen LogP contribution in [0.25, 0.3) is 0 Å². The zero-order valence-corrected chi connectivity index (χ0v) is 11.8. The second kappa shape index (κ2) is 6.96. The van der Waals surface area contributed by atoms with Crippen LogP contribution in [0.1, 0.15) is 6.42 Å². The first-order chi connectivity index (χ1) is 9.22. The van der Waals surface area contributed by atoms with Crippen LogP contribution in [0.5, 0.6) is 0 Å². The van der Waals surface area contributed by atoms with Gasteiger partial charge in [-0.3, -0.25) is 4.84 Å². The zero-order valence-electron chi connectivity index (χ0n) is 10.3. The second-order valence-electron chi connectivity index (χ2n) is 3.94. The number of aliphatic hydroxyl groups is 1. The highest BCUT2D eigenvalue weighted by atomic mass is 35.5. The summed E-state index contributed by atoms with van der Waals surface area (Å²) in [5.41, 5.74) is 0.613. The van der Waals surface area contributed by atoms with Crippen LogP contribution in [-0.4, -0.2) is 42.4 Å². The summed E-state index contributed by atoms with van der Waals surface area (Å²) in [6, 6.07) is 5.28. The van der Waals surface area contributed by atoms with Gasteiger partial charge in [0.25, 0.3) is 0 Å². The summed E-state index contributed by atoms with van der Waals surface area (Å²) in [5, 5.41) is 14.5. The third-order valence-corrected chi connectivity index (χ3v) is 3.18. The summed E-state index contributed by atoms with van der Waals surface area (Å²) in [5.74, 6) is 0.577. The van der Waals surface area contributed by atoms with Crippen molar-refractivity contribution in [1.82, 2.24) is 5.06 Å². The highest BCUT2D eigenvalue weighted by molar-refractivity contribution is 6.39.